The predicted octanol–water partition coefficient (Wildman–Crippen LogP) is 0.164. The summed E-state index contributed by atoms with van der Waals surface area (Å²) >= 11 is 0. The molecular formula is C10H16N2O3. The van der Waals surface area contributed by atoms with Crippen LogP contribution in [-0.4, -0.2) is 50.3 Å². The first-order valence-corrected chi connectivity index (χ1v) is 5.06. The van der Waals surface area contributed by atoms with Gasteiger partial charge in [-0.15, -0.1) is 0 Å². The average molecular weight is 212 g/mol. The number of carbonyl (C=O) groups is 1. The molecule has 84 valence electrons. The third-order valence-electron chi connectivity index (χ3n) is 2.45. The van der Waals surface area contributed by atoms with Crippen molar-refractivity contribution in [1.82, 2.24) is 4.90 Å². The second-order valence-electron chi connectivity index (χ2n) is 3.41. The monoisotopic (exact) mass is 212 g/mol. The SMILES string of the molecule is COC(=O)C1COCCN1CCCC#N. The van der Waals surface area contributed by atoms with Gasteiger partial charge in [0, 0.05) is 19.5 Å². The standard InChI is InChI=1S/C10H16N2O3/c1-14-10(13)9-8-15-7-6-12(9)5-3-2-4-11/h9H,2-3,5-8H2,1H3. The van der Waals surface area contributed by atoms with Crippen LogP contribution in [0.15, 0.2) is 0 Å². The maximum atomic E-state index is 11.4. The minimum atomic E-state index is -0.303. The van der Waals surface area contributed by atoms with Crippen LogP contribution in [0.3, 0.4) is 0 Å². The van der Waals surface area contributed by atoms with Gasteiger partial charge >= 0.3 is 5.97 Å². The van der Waals surface area contributed by atoms with Gasteiger partial charge in [0.1, 0.15) is 6.04 Å². The summed E-state index contributed by atoms with van der Waals surface area (Å²) in [6.45, 7) is 2.50. The molecule has 1 heterocycles. The topological polar surface area (TPSA) is 62.6 Å². The van der Waals surface area contributed by atoms with Gasteiger partial charge in [0.15, 0.2) is 0 Å². The van der Waals surface area contributed by atoms with Crippen LogP contribution in [-0.2, 0) is 14.3 Å². The molecule has 1 saturated heterocycles. The van der Waals surface area contributed by atoms with Crippen LogP contribution in [0.5, 0.6) is 0 Å². The van der Waals surface area contributed by atoms with E-state index in [0.29, 0.717) is 19.6 Å². The van der Waals surface area contributed by atoms with E-state index in [9.17, 15) is 4.79 Å². The number of rotatable bonds is 4. The number of carbonyl (C=O) groups excluding carboxylic acids is 1. The quantitative estimate of drug-likeness (QED) is 0.491. The Morgan fingerprint density at radius 2 is 2.53 bits per heavy atom. The number of methoxy groups -OCH3 is 1. The second-order valence-corrected chi connectivity index (χ2v) is 3.41. The number of ether oxygens (including phenoxy) is 2. The predicted molar refractivity (Wildman–Crippen MR) is 53.0 cm³/mol. The highest BCUT2D eigenvalue weighted by Crippen LogP contribution is 2.09. The molecule has 1 unspecified atom stereocenters. The van der Waals surface area contributed by atoms with Crippen LogP contribution >= 0.6 is 0 Å². The van der Waals surface area contributed by atoms with Gasteiger partial charge in [-0.1, -0.05) is 0 Å². The van der Waals surface area contributed by atoms with Gasteiger partial charge < -0.3 is 9.47 Å². The Hall–Kier alpha value is -1.12. The molecule has 0 saturated carbocycles. The molecule has 15 heavy (non-hydrogen) atoms. The summed E-state index contributed by atoms with van der Waals surface area (Å²) in [6, 6.07) is 1.79. The van der Waals surface area contributed by atoms with Crippen LogP contribution in [0.4, 0.5) is 0 Å². The average Bonchev–Trinajstić information content (AvgIpc) is 2.29. The molecular weight excluding hydrogens is 196 g/mol. The minimum absolute atomic E-state index is 0.258. The Labute approximate surface area is 89.6 Å². The van der Waals surface area contributed by atoms with E-state index >= 15 is 0 Å². The van der Waals surface area contributed by atoms with Gasteiger partial charge in [0.25, 0.3) is 0 Å². The van der Waals surface area contributed by atoms with Gasteiger partial charge in [-0.05, 0) is 6.42 Å². The van der Waals surface area contributed by atoms with Crippen LogP contribution in [0.2, 0.25) is 0 Å². The summed E-state index contributed by atoms with van der Waals surface area (Å²) in [5, 5.41) is 8.43. The number of hydrogen-bond acceptors (Lipinski definition) is 5. The molecule has 1 aliphatic rings. The van der Waals surface area contributed by atoms with Gasteiger partial charge in [0.2, 0.25) is 0 Å². The lowest BCUT2D eigenvalue weighted by Gasteiger charge is -2.33. The van der Waals surface area contributed by atoms with E-state index in [0.717, 1.165) is 19.5 Å². The molecule has 1 atom stereocenters. The molecule has 5 heteroatoms. The second kappa shape index (κ2) is 6.38. The Morgan fingerprint density at radius 3 is 3.20 bits per heavy atom. The summed E-state index contributed by atoms with van der Waals surface area (Å²) in [4.78, 5) is 13.4. The van der Waals surface area contributed by atoms with Gasteiger partial charge in [-0.2, -0.15) is 5.26 Å². The minimum Gasteiger partial charge on any atom is -0.468 e. The molecule has 0 bridgehead atoms. The number of nitrogens with zero attached hydrogens (tertiary/aromatic N) is 2. The summed E-state index contributed by atoms with van der Waals surface area (Å²) < 4.78 is 9.93. The first-order chi connectivity index (χ1) is 7.29. The molecule has 1 aliphatic heterocycles. The molecule has 1 fully saturated rings. The maximum Gasteiger partial charge on any atom is 0.325 e. The van der Waals surface area contributed by atoms with E-state index in [1.165, 1.54) is 7.11 Å². The fourth-order valence-corrected chi connectivity index (χ4v) is 1.62. The van der Waals surface area contributed by atoms with E-state index < -0.39 is 0 Å². The van der Waals surface area contributed by atoms with E-state index in [-0.39, 0.29) is 12.0 Å². The van der Waals surface area contributed by atoms with Crippen LogP contribution in [0.1, 0.15) is 12.8 Å². The molecule has 0 spiro atoms. The van der Waals surface area contributed by atoms with Crippen LogP contribution in [0, 0.1) is 11.3 Å². The van der Waals surface area contributed by atoms with Crippen molar-refractivity contribution in [2.24, 2.45) is 0 Å². The molecule has 0 radical (unpaired) electrons. The molecule has 0 aromatic carbocycles. The third kappa shape index (κ3) is 3.50. The van der Waals surface area contributed by atoms with E-state index in [4.69, 9.17) is 14.7 Å². The van der Waals surface area contributed by atoms with Crippen molar-refractivity contribution in [1.29, 1.82) is 5.26 Å². The lowest BCUT2D eigenvalue weighted by Crippen LogP contribution is -2.50. The van der Waals surface area contributed by atoms with Gasteiger partial charge in [0.05, 0.1) is 26.4 Å². The normalized spacial score (nSPS) is 22.0. The van der Waals surface area contributed by atoms with Crippen molar-refractivity contribution in [2.45, 2.75) is 18.9 Å². The highest BCUT2D eigenvalue weighted by molar-refractivity contribution is 5.75. The van der Waals surface area contributed by atoms with E-state index in [2.05, 4.69) is 6.07 Å². The Bertz CT molecular complexity index is 250. The zero-order valence-corrected chi connectivity index (χ0v) is 8.94. The van der Waals surface area contributed by atoms with Gasteiger partial charge in [-0.3, -0.25) is 9.69 Å². The van der Waals surface area contributed by atoms with Crippen molar-refractivity contribution in [2.75, 3.05) is 33.4 Å². The Kier molecular flexibility index (Phi) is 5.08. The Morgan fingerprint density at radius 1 is 1.73 bits per heavy atom. The van der Waals surface area contributed by atoms with Crippen molar-refractivity contribution in [3.8, 4) is 6.07 Å². The summed E-state index contributed by atoms with van der Waals surface area (Å²) in [5.74, 6) is -0.258. The summed E-state index contributed by atoms with van der Waals surface area (Å²) in [6.07, 6.45) is 1.30. The third-order valence-corrected chi connectivity index (χ3v) is 2.45. The highest BCUT2D eigenvalue weighted by atomic mass is 16.5. The summed E-state index contributed by atoms with van der Waals surface area (Å²) in [7, 11) is 1.38. The van der Waals surface area contributed by atoms with Crippen molar-refractivity contribution < 1.29 is 14.3 Å². The smallest absolute Gasteiger partial charge is 0.325 e. The van der Waals surface area contributed by atoms with Crippen LogP contribution < -0.4 is 0 Å². The lowest BCUT2D eigenvalue weighted by atomic mass is 10.2. The maximum absolute atomic E-state index is 11.4. The van der Waals surface area contributed by atoms with Crippen molar-refractivity contribution in [3.63, 3.8) is 0 Å². The highest BCUT2D eigenvalue weighted by Gasteiger charge is 2.29. The number of unbranched alkanes of at least 4 members (excludes halogenated alkanes) is 1. The first kappa shape index (κ1) is 12.0. The zero-order valence-electron chi connectivity index (χ0n) is 8.94. The fraction of sp³-hybridized carbons (Fsp3) is 0.800. The van der Waals surface area contributed by atoms with Crippen LogP contribution in [0.25, 0.3) is 0 Å². The number of morpholine rings is 1. The molecule has 0 aromatic rings. The number of hydrogen-bond donors (Lipinski definition) is 0. The van der Waals surface area contributed by atoms with Crippen molar-refractivity contribution in [3.05, 3.63) is 0 Å². The summed E-state index contributed by atoms with van der Waals surface area (Å²) in [5.41, 5.74) is 0. The first-order valence-electron chi connectivity index (χ1n) is 5.06. The number of esters is 1. The Balaban J connectivity index is 2.43. The fourth-order valence-electron chi connectivity index (χ4n) is 1.62. The van der Waals surface area contributed by atoms with Gasteiger partial charge in [-0.25, -0.2) is 0 Å². The molecule has 1 rings (SSSR count). The molecule has 0 amide bonds. The number of nitriles is 1. The zero-order chi connectivity index (χ0) is 11.1. The largest absolute Gasteiger partial charge is 0.468 e. The van der Waals surface area contributed by atoms with E-state index in [1.54, 1.807) is 0 Å². The van der Waals surface area contributed by atoms with E-state index in [1.807, 2.05) is 4.90 Å². The molecule has 0 aromatic heterocycles. The molecule has 0 aliphatic carbocycles. The molecule has 0 N–H and O–H groups in total. The van der Waals surface area contributed by atoms with Crippen molar-refractivity contribution >= 4 is 5.97 Å². The lowest BCUT2D eigenvalue weighted by molar-refractivity contribution is -0.153. The molecule has 5 nitrogen and oxygen atoms in total.